The molecule has 1 amide bonds. The maximum Gasteiger partial charge on any atom is 0.272 e. The number of amides is 1. The summed E-state index contributed by atoms with van der Waals surface area (Å²) in [6.45, 7) is 3.58. The average molecular weight is 502 g/mol. The molecular formula is C25H29F2N5O2S. The number of nitrogens with two attached hydrogens (primary N) is 1. The van der Waals surface area contributed by atoms with Gasteiger partial charge >= 0.3 is 0 Å². The molecule has 1 unspecified atom stereocenters. The first-order valence-corrected chi connectivity index (χ1v) is 12.5. The lowest BCUT2D eigenvalue weighted by Crippen LogP contribution is -2.45. The fourth-order valence-corrected chi connectivity index (χ4v) is 5.74. The van der Waals surface area contributed by atoms with Gasteiger partial charge in [-0.25, -0.2) is 13.8 Å². The number of nitrogens with zero attached hydrogens (tertiary/aromatic N) is 4. The Hall–Kier alpha value is -2.98. The van der Waals surface area contributed by atoms with Crippen molar-refractivity contribution in [2.45, 2.75) is 43.6 Å². The minimum Gasteiger partial charge on any atom is -0.383 e. The Balaban J connectivity index is 1.67. The summed E-state index contributed by atoms with van der Waals surface area (Å²) in [6, 6.07) is 12.4. The number of hydrogen-bond acceptors (Lipinski definition) is 5. The van der Waals surface area contributed by atoms with Crippen LogP contribution in [0.2, 0.25) is 0 Å². The Morgan fingerprint density at radius 3 is 2.63 bits per heavy atom. The van der Waals surface area contributed by atoms with E-state index in [0.29, 0.717) is 25.3 Å². The lowest BCUT2D eigenvalue weighted by molar-refractivity contribution is -0.143. The number of carbonyl (C=O) groups excluding carboxylic acids is 1. The van der Waals surface area contributed by atoms with E-state index in [4.69, 9.17) is 5.73 Å². The van der Waals surface area contributed by atoms with Crippen LogP contribution in [0.15, 0.2) is 58.6 Å². The normalized spacial score (nSPS) is 21.4. The molecule has 2 aromatic carbocycles. The Labute approximate surface area is 207 Å². The van der Waals surface area contributed by atoms with Crippen LogP contribution < -0.4 is 5.73 Å². The first-order chi connectivity index (χ1) is 16.8. The molecule has 0 radical (unpaired) electrons. The zero-order valence-corrected chi connectivity index (χ0v) is 20.3. The standard InChI is InChI=1S/C25H29F2N5O2S/c1-17(33)23(34)32-25(18-8-3-2-4-9-18,12-7-13-29-24(28)31-14-5-6-15-31)35-22(30-32)20-16-19(26)10-11-21(20)27/h2-4,8-11,16-17,33H,5-7,12-15H2,1H3,(H2,28,29)/t17-,25?/m0/s1. The van der Waals surface area contributed by atoms with Gasteiger partial charge in [0.05, 0.1) is 0 Å². The van der Waals surface area contributed by atoms with Gasteiger partial charge in [0.15, 0.2) is 5.96 Å². The summed E-state index contributed by atoms with van der Waals surface area (Å²) in [5.41, 5.74) is 6.86. The number of likely N-dealkylation sites (tertiary alicyclic amines) is 1. The molecule has 0 bridgehead atoms. The van der Waals surface area contributed by atoms with E-state index in [1.54, 1.807) is 0 Å². The minimum absolute atomic E-state index is 0.0347. The third kappa shape index (κ3) is 5.33. The molecule has 1 saturated heterocycles. The Kier molecular flexibility index (Phi) is 7.71. The van der Waals surface area contributed by atoms with Crippen molar-refractivity contribution in [2.24, 2.45) is 15.8 Å². The van der Waals surface area contributed by atoms with E-state index in [-0.39, 0.29) is 10.6 Å². The summed E-state index contributed by atoms with van der Waals surface area (Å²) < 4.78 is 28.6. The molecule has 35 heavy (non-hydrogen) atoms. The van der Waals surface area contributed by atoms with Gasteiger partial charge in [0.2, 0.25) is 0 Å². The van der Waals surface area contributed by atoms with Gasteiger partial charge in [-0.15, -0.1) is 0 Å². The molecule has 3 N–H and O–H groups in total. The summed E-state index contributed by atoms with van der Waals surface area (Å²) >= 11 is 1.17. The van der Waals surface area contributed by atoms with Crippen LogP contribution in [0.5, 0.6) is 0 Å². The molecule has 0 saturated carbocycles. The second-order valence-electron chi connectivity index (χ2n) is 8.65. The number of hydrazone groups is 1. The van der Waals surface area contributed by atoms with Gasteiger partial charge in [-0.3, -0.25) is 9.79 Å². The van der Waals surface area contributed by atoms with E-state index in [2.05, 4.69) is 15.0 Å². The van der Waals surface area contributed by atoms with Crippen molar-refractivity contribution >= 4 is 28.7 Å². The van der Waals surface area contributed by atoms with E-state index in [9.17, 15) is 18.7 Å². The van der Waals surface area contributed by atoms with Gasteiger partial charge in [0, 0.05) is 25.2 Å². The number of carbonyl (C=O) groups is 1. The Morgan fingerprint density at radius 2 is 1.94 bits per heavy atom. The average Bonchev–Trinajstić information content (AvgIpc) is 3.52. The molecule has 0 aromatic heterocycles. The Morgan fingerprint density at radius 1 is 1.23 bits per heavy atom. The topological polar surface area (TPSA) is 94.5 Å². The van der Waals surface area contributed by atoms with Gasteiger partial charge < -0.3 is 15.7 Å². The third-order valence-corrected chi connectivity index (χ3v) is 7.57. The molecule has 0 aliphatic carbocycles. The maximum absolute atomic E-state index is 14.7. The van der Waals surface area contributed by atoms with Crippen molar-refractivity contribution in [1.82, 2.24) is 9.91 Å². The summed E-state index contributed by atoms with van der Waals surface area (Å²) in [5, 5.41) is 15.9. The predicted molar refractivity (Wildman–Crippen MR) is 134 cm³/mol. The second kappa shape index (κ2) is 10.7. The summed E-state index contributed by atoms with van der Waals surface area (Å²) in [5.74, 6) is -1.38. The van der Waals surface area contributed by atoms with Crippen molar-refractivity contribution in [2.75, 3.05) is 19.6 Å². The molecular weight excluding hydrogens is 472 g/mol. The van der Waals surface area contributed by atoms with Crippen LogP contribution in [0.3, 0.4) is 0 Å². The van der Waals surface area contributed by atoms with Gasteiger partial charge in [0.25, 0.3) is 5.91 Å². The highest BCUT2D eigenvalue weighted by Crippen LogP contribution is 2.50. The number of thioether (sulfide) groups is 1. The fourth-order valence-electron chi connectivity index (χ4n) is 4.31. The number of hydrogen-bond donors (Lipinski definition) is 2. The summed E-state index contributed by atoms with van der Waals surface area (Å²) in [4.78, 5) is 18.6. The van der Waals surface area contributed by atoms with Gasteiger partial charge in [-0.1, -0.05) is 42.1 Å². The molecule has 2 heterocycles. The van der Waals surface area contributed by atoms with Crippen molar-refractivity contribution in [3.05, 3.63) is 71.3 Å². The number of guanidine groups is 1. The minimum atomic E-state index is -1.33. The SMILES string of the molecule is C[C@H](O)C(=O)N1N=C(c2cc(F)ccc2F)SC1(CCCN=C(N)N1CCCC1)c1ccccc1. The number of halogens is 2. The molecule has 4 rings (SSSR count). The lowest BCUT2D eigenvalue weighted by atomic mass is 10.00. The summed E-state index contributed by atoms with van der Waals surface area (Å²) in [7, 11) is 0. The van der Waals surface area contributed by atoms with Crippen molar-refractivity contribution < 1.29 is 18.7 Å². The molecule has 2 aliphatic heterocycles. The maximum atomic E-state index is 14.7. The smallest absolute Gasteiger partial charge is 0.272 e. The molecule has 2 atom stereocenters. The third-order valence-electron chi connectivity index (χ3n) is 6.13. The van der Waals surface area contributed by atoms with E-state index in [0.717, 1.165) is 49.7 Å². The molecule has 186 valence electrons. The lowest BCUT2D eigenvalue weighted by Gasteiger charge is -2.36. The van der Waals surface area contributed by atoms with Crippen LogP contribution in [0.1, 0.15) is 43.7 Å². The van der Waals surface area contributed by atoms with Crippen molar-refractivity contribution in [1.29, 1.82) is 0 Å². The van der Waals surface area contributed by atoms with E-state index >= 15 is 0 Å². The predicted octanol–water partition coefficient (Wildman–Crippen LogP) is 3.63. The van der Waals surface area contributed by atoms with Gasteiger partial charge in [-0.05, 0) is 56.4 Å². The summed E-state index contributed by atoms with van der Waals surface area (Å²) in [6.07, 6.45) is 1.81. The van der Waals surface area contributed by atoms with Gasteiger partial charge in [-0.2, -0.15) is 5.10 Å². The number of benzene rings is 2. The zero-order chi connectivity index (χ0) is 25.0. The van der Waals surface area contributed by atoms with Gasteiger partial charge in [0.1, 0.15) is 27.7 Å². The molecule has 2 aliphatic rings. The van der Waals surface area contributed by atoms with Crippen LogP contribution in [0.4, 0.5) is 8.78 Å². The van der Waals surface area contributed by atoms with Crippen LogP contribution in [-0.2, 0) is 9.67 Å². The van der Waals surface area contributed by atoms with E-state index < -0.39 is 28.5 Å². The number of aliphatic imine (C=N–C) groups is 1. The first kappa shape index (κ1) is 25.1. The van der Waals surface area contributed by atoms with Crippen molar-refractivity contribution in [3.63, 3.8) is 0 Å². The number of aliphatic hydroxyl groups excluding tert-OH is 1. The molecule has 7 nitrogen and oxygen atoms in total. The van der Waals surface area contributed by atoms with Crippen LogP contribution in [0, 0.1) is 11.6 Å². The molecule has 2 aromatic rings. The quantitative estimate of drug-likeness (QED) is 0.343. The molecule has 10 heteroatoms. The Bertz CT molecular complexity index is 1120. The van der Waals surface area contributed by atoms with E-state index in [1.165, 1.54) is 23.7 Å². The first-order valence-electron chi connectivity index (χ1n) is 11.7. The number of aliphatic hydroxyl groups is 1. The second-order valence-corrected chi connectivity index (χ2v) is 9.91. The van der Waals surface area contributed by atoms with E-state index in [1.807, 2.05) is 30.3 Å². The molecule has 0 spiro atoms. The monoisotopic (exact) mass is 501 g/mol. The van der Waals surface area contributed by atoms with Crippen LogP contribution in [0.25, 0.3) is 0 Å². The fraction of sp³-hybridized carbons (Fsp3) is 0.400. The number of rotatable bonds is 7. The highest BCUT2D eigenvalue weighted by molar-refractivity contribution is 8.15. The van der Waals surface area contributed by atoms with Crippen LogP contribution >= 0.6 is 11.8 Å². The molecule has 1 fully saturated rings. The van der Waals surface area contributed by atoms with Crippen molar-refractivity contribution in [3.8, 4) is 0 Å². The highest BCUT2D eigenvalue weighted by Gasteiger charge is 2.49. The zero-order valence-electron chi connectivity index (χ0n) is 19.5. The largest absolute Gasteiger partial charge is 0.383 e. The highest BCUT2D eigenvalue weighted by atomic mass is 32.2. The van der Waals surface area contributed by atoms with Crippen LogP contribution in [-0.4, -0.2) is 57.7 Å².